The molecule has 1 spiro atoms. The standard InChI is InChI=1S/C18H23NO2/c20-17-6-5-15(21-17)13-19-11-9-18(10-12-19)8-7-14-3-1-2-4-16(14)18/h1-4,15H,5-13H2/t15-/m0/s1. The van der Waals surface area contributed by atoms with Crippen molar-refractivity contribution in [3.05, 3.63) is 35.4 Å². The minimum Gasteiger partial charge on any atom is -0.461 e. The number of nitrogens with zero attached hydrogens (tertiary/aromatic N) is 1. The molecule has 0 aromatic heterocycles. The van der Waals surface area contributed by atoms with Gasteiger partial charge in [0.2, 0.25) is 0 Å². The highest BCUT2D eigenvalue weighted by Crippen LogP contribution is 2.46. The van der Waals surface area contributed by atoms with Gasteiger partial charge >= 0.3 is 5.97 Å². The first-order valence-corrected chi connectivity index (χ1v) is 8.25. The van der Waals surface area contributed by atoms with Crippen molar-refractivity contribution in [2.24, 2.45) is 0 Å². The van der Waals surface area contributed by atoms with Crippen molar-refractivity contribution in [1.29, 1.82) is 0 Å². The van der Waals surface area contributed by atoms with Gasteiger partial charge in [0, 0.05) is 13.0 Å². The molecule has 4 rings (SSSR count). The molecule has 1 aromatic rings. The Morgan fingerprint density at radius 3 is 2.71 bits per heavy atom. The predicted molar refractivity (Wildman–Crippen MR) is 81.2 cm³/mol. The summed E-state index contributed by atoms with van der Waals surface area (Å²) in [7, 11) is 0. The molecule has 0 radical (unpaired) electrons. The molecule has 0 unspecified atom stereocenters. The molecule has 1 aromatic carbocycles. The Hall–Kier alpha value is -1.35. The van der Waals surface area contributed by atoms with Gasteiger partial charge in [0.1, 0.15) is 6.10 Å². The smallest absolute Gasteiger partial charge is 0.306 e. The van der Waals surface area contributed by atoms with E-state index in [1.54, 1.807) is 11.1 Å². The van der Waals surface area contributed by atoms with E-state index in [0.717, 1.165) is 26.1 Å². The third-order valence-electron chi connectivity index (χ3n) is 5.71. The fraction of sp³-hybridized carbons (Fsp3) is 0.611. The molecule has 0 bridgehead atoms. The number of carbonyl (C=O) groups is 1. The highest BCUT2D eigenvalue weighted by atomic mass is 16.5. The lowest BCUT2D eigenvalue weighted by Gasteiger charge is -2.40. The molecule has 0 saturated carbocycles. The van der Waals surface area contributed by atoms with Crippen LogP contribution in [0.3, 0.4) is 0 Å². The number of aryl methyl sites for hydroxylation is 1. The van der Waals surface area contributed by atoms with Gasteiger partial charge in [-0.15, -0.1) is 0 Å². The molecule has 1 aliphatic carbocycles. The molecule has 0 amide bonds. The van der Waals surface area contributed by atoms with Crippen LogP contribution in [-0.4, -0.2) is 36.6 Å². The molecule has 1 atom stereocenters. The van der Waals surface area contributed by atoms with E-state index in [2.05, 4.69) is 29.2 Å². The zero-order valence-corrected chi connectivity index (χ0v) is 12.5. The molecule has 2 fully saturated rings. The number of likely N-dealkylation sites (tertiary alicyclic amines) is 1. The van der Waals surface area contributed by atoms with E-state index in [1.165, 1.54) is 25.7 Å². The van der Waals surface area contributed by atoms with Gasteiger partial charge in [-0.3, -0.25) is 9.69 Å². The molecule has 112 valence electrons. The summed E-state index contributed by atoms with van der Waals surface area (Å²) in [4.78, 5) is 13.7. The van der Waals surface area contributed by atoms with Gasteiger partial charge in [0.15, 0.2) is 0 Å². The highest BCUT2D eigenvalue weighted by Gasteiger charge is 2.41. The Morgan fingerprint density at radius 1 is 1.14 bits per heavy atom. The summed E-state index contributed by atoms with van der Waals surface area (Å²) < 4.78 is 5.36. The minimum atomic E-state index is -0.0156. The molecule has 2 aliphatic heterocycles. The zero-order chi connectivity index (χ0) is 14.3. The lowest BCUT2D eigenvalue weighted by molar-refractivity contribution is -0.142. The second-order valence-electron chi connectivity index (χ2n) is 6.89. The maximum atomic E-state index is 11.2. The first-order chi connectivity index (χ1) is 10.3. The maximum Gasteiger partial charge on any atom is 0.306 e. The van der Waals surface area contributed by atoms with Gasteiger partial charge in [0.05, 0.1) is 0 Å². The molecule has 2 heterocycles. The number of ether oxygens (including phenoxy) is 1. The Kier molecular flexibility index (Phi) is 3.26. The van der Waals surface area contributed by atoms with Crippen LogP contribution in [-0.2, 0) is 21.4 Å². The van der Waals surface area contributed by atoms with E-state index in [9.17, 15) is 4.79 Å². The van der Waals surface area contributed by atoms with Crippen molar-refractivity contribution in [3.63, 3.8) is 0 Å². The molecular formula is C18H23NO2. The van der Waals surface area contributed by atoms with E-state index in [4.69, 9.17) is 4.74 Å². The monoisotopic (exact) mass is 285 g/mol. The van der Waals surface area contributed by atoms with Gasteiger partial charge in [-0.05, 0) is 61.7 Å². The van der Waals surface area contributed by atoms with Crippen LogP contribution >= 0.6 is 0 Å². The number of benzene rings is 1. The van der Waals surface area contributed by atoms with E-state index in [1.807, 2.05) is 0 Å². The summed E-state index contributed by atoms with van der Waals surface area (Å²) >= 11 is 0. The SMILES string of the molecule is O=C1CC[C@@H](CN2CCC3(CCc4ccccc43)CC2)O1. The molecule has 3 aliphatic rings. The summed E-state index contributed by atoms with van der Waals surface area (Å²) in [6.45, 7) is 3.22. The Morgan fingerprint density at radius 2 is 1.95 bits per heavy atom. The average molecular weight is 285 g/mol. The highest BCUT2D eigenvalue weighted by molar-refractivity contribution is 5.71. The van der Waals surface area contributed by atoms with Crippen molar-refractivity contribution in [2.45, 2.75) is 50.0 Å². The van der Waals surface area contributed by atoms with Crippen LogP contribution < -0.4 is 0 Å². The number of cyclic esters (lactones) is 1. The maximum absolute atomic E-state index is 11.2. The van der Waals surface area contributed by atoms with Gasteiger partial charge in [-0.25, -0.2) is 0 Å². The second kappa shape index (κ2) is 5.13. The fourth-order valence-corrected chi connectivity index (χ4v) is 4.45. The number of fused-ring (bicyclic) bond motifs is 2. The summed E-state index contributed by atoms with van der Waals surface area (Å²) in [6, 6.07) is 9.00. The second-order valence-corrected chi connectivity index (χ2v) is 6.89. The molecule has 3 heteroatoms. The zero-order valence-electron chi connectivity index (χ0n) is 12.5. The van der Waals surface area contributed by atoms with Crippen molar-refractivity contribution < 1.29 is 9.53 Å². The quantitative estimate of drug-likeness (QED) is 0.782. The molecule has 2 saturated heterocycles. The third kappa shape index (κ3) is 2.38. The number of carbonyl (C=O) groups excluding carboxylic acids is 1. The number of hydrogen-bond donors (Lipinski definition) is 0. The summed E-state index contributed by atoms with van der Waals surface area (Å²) in [6.07, 6.45) is 6.73. The Labute approximate surface area is 126 Å². The van der Waals surface area contributed by atoms with Crippen molar-refractivity contribution >= 4 is 5.97 Å². The summed E-state index contributed by atoms with van der Waals surface area (Å²) in [5.74, 6) is -0.0156. The summed E-state index contributed by atoms with van der Waals surface area (Å²) in [5, 5.41) is 0. The number of rotatable bonds is 2. The first-order valence-electron chi connectivity index (χ1n) is 8.25. The van der Waals surface area contributed by atoms with E-state index < -0.39 is 0 Å². The third-order valence-corrected chi connectivity index (χ3v) is 5.71. The summed E-state index contributed by atoms with van der Waals surface area (Å²) in [5.41, 5.74) is 3.60. The van der Waals surface area contributed by atoms with Gasteiger partial charge in [0.25, 0.3) is 0 Å². The van der Waals surface area contributed by atoms with Crippen molar-refractivity contribution in [3.8, 4) is 0 Å². The van der Waals surface area contributed by atoms with Crippen LogP contribution in [0.2, 0.25) is 0 Å². The predicted octanol–water partition coefficient (Wildman–Crippen LogP) is 2.67. The van der Waals surface area contributed by atoms with Gasteiger partial charge in [-0.1, -0.05) is 24.3 Å². The minimum absolute atomic E-state index is 0.0156. The Bertz CT molecular complexity index is 546. The van der Waals surface area contributed by atoms with E-state index >= 15 is 0 Å². The number of esters is 1. The van der Waals surface area contributed by atoms with Gasteiger partial charge in [-0.2, -0.15) is 0 Å². The number of hydrogen-bond acceptors (Lipinski definition) is 3. The Balaban J connectivity index is 1.40. The fourth-order valence-electron chi connectivity index (χ4n) is 4.45. The van der Waals surface area contributed by atoms with Crippen LogP contribution in [0.4, 0.5) is 0 Å². The van der Waals surface area contributed by atoms with Crippen LogP contribution in [0.5, 0.6) is 0 Å². The average Bonchev–Trinajstić information content (AvgIpc) is 3.07. The van der Waals surface area contributed by atoms with E-state index in [0.29, 0.717) is 11.8 Å². The molecular weight excluding hydrogens is 262 g/mol. The van der Waals surface area contributed by atoms with Crippen molar-refractivity contribution in [1.82, 2.24) is 4.90 Å². The van der Waals surface area contributed by atoms with Crippen molar-refractivity contribution in [2.75, 3.05) is 19.6 Å². The number of piperidine rings is 1. The lowest BCUT2D eigenvalue weighted by Crippen LogP contribution is -2.44. The topological polar surface area (TPSA) is 29.5 Å². The largest absolute Gasteiger partial charge is 0.461 e. The van der Waals surface area contributed by atoms with E-state index in [-0.39, 0.29) is 12.1 Å². The van der Waals surface area contributed by atoms with Crippen LogP contribution in [0.25, 0.3) is 0 Å². The lowest BCUT2D eigenvalue weighted by atomic mass is 9.74. The molecule has 0 N–H and O–H groups in total. The first kappa shape index (κ1) is 13.3. The van der Waals surface area contributed by atoms with Crippen LogP contribution in [0, 0.1) is 0 Å². The molecule has 3 nitrogen and oxygen atoms in total. The van der Waals surface area contributed by atoms with Crippen LogP contribution in [0.1, 0.15) is 43.2 Å². The van der Waals surface area contributed by atoms with Gasteiger partial charge < -0.3 is 4.74 Å². The van der Waals surface area contributed by atoms with Crippen LogP contribution in [0.15, 0.2) is 24.3 Å². The molecule has 21 heavy (non-hydrogen) atoms. The normalized spacial score (nSPS) is 27.8.